The Morgan fingerprint density at radius 2 is 1.70 bits per heavy atom. The molecule has 2 aromatic rings. The number of carbonyl (C=O) groups is 1. The lowest BCUT2D eigenvalue weighted by Crippen LogP contribution is -2.42. The number of hydrogen-bond acceptors (Lipinski definition) is 2. The van der Waals surface area contributed by atoms with Gasteiger partial charge in [0.15, 0.2) is 0 Å². The van der Waals surface area contributed by atoms with Crippen LogP contribution in [-0.4, -0.2) is 35.7 Å². The zero-order valence-electron chi connectivity index (χ0n) is 13.2. The summed E-state index contributed by atoms with van der Waals surface area (Å²) in [5.41, 5.74) is 1.92. The van der Waals surface area contributed by atoms with Crippen molar-refractivity contribution >= 4 is 17.6 Å². The van der Waals surface area contributed by atoms with E-state index in [0.29, 0.717) is 5.02 Å². The van der Waals surface area contributed by atoms with Crippen LogP contribution in [0.3, 0.4) is 0 Å². The molecule has 0 saturated carbocycles. The highest BCUT2D eigenvalue weighted by molar-refractivity contribution is 6.30. The maximum Gasteiger partial charge on any atom is 0.317 e. The summed E-state index contributed by atoms with van der Waals surface area (Å²) in [5, 5.41) is 13.1. The van der Waals surface area contributed by atoms with Crippen molar-refractivity contribution < 1.29 is 9.90 Å². The van der Waals surface area contributed by atoms with Crippen LogP contribution in [0.5, 0.6) is 0 Å². The Balaban J connectivity index is 2.24. The minimum atomic E-state index is -0.573. The van der Waals surface area contributed by atoms with Crippen molar-refractivity contribution in [2.24, 2.45) is 0 Å². The summed E-state index contributed by atoms with van der Waals surface area (Å²) in [5.74, 6) is 0. The van der Waals surface area contributed by atoms with E-state index in [2.05, 4.69) is 5.32 Å². The number of aliphatic hydroxyl groups excluding tert-OH is 1. The van der Waals surface area contributed by atoms with Crippen LogP contribution in [0, 0.1) is 0 Å². The normalized spacial score (nSPS) is 13.2. The Bertz CT molecular complexity index is 629. The lowest BCUT2D eigenvalue weighted by Gasteiger charge is -2.25. The number of amides is 2. The van der Waals surface area contributed by atoms with E-state index in [1.54, 1.807) is 26.1 Å². The molecule has 2 N–H and O–H groups in total. The minimum absolute atomic E-state index is 0.241. The molecule has 2 rings (SSSR count). The Hall–Kier alpha value is -2.04. The molecule has 0 aliphatic heterocycles. The van der Waals surface area contributed by atoms with E-state index in [1.165, 1.54) is 4.90 Å². The largest absolute Gasteiger partial charge is 0.392 e. The second-order valence-corrected chi connectivity index (χ2v) is 6.01. The number of urea groups is 1. The van der Waals surface area contributed by atoms with Gasteiger partial charge in [-0.2, -0.15) is 0 Å². The fourth-order valence-corrected chi connectivity index (χ4v) is 2.50. The molecule has 0 heterocycles. The third-order valence-electron chi connectivity index (χ3n) is 3.49. The average molecular weight is 333 g/mol. The predicted molar refractivity (Wildman–Crippen MR) is 92.6 cm³/mol. The van der Waals surface area contributed by atoms with E-state index in [1.807, 2.05) is 42.5 Å². The summed E-state index contributed by atoms with van der Waals surface area (Å²) in [6.45, 7) is 1.92. The highest BCUT2D eigenvalue weighted by atomic mass is 35.5. The highest BCUT2D eigenvalue weighted by Gasteiger charge is 2.19. The molecule has 2 aromatic carbocycles. The molecule has 122 valence electrons. The van der Waals surface area contributed by atoms with Crippen LogP contribution in [0.2, 0.25) is 5.02 Å². The van der Waals surface area contributed by atoms with Gasteiger partial charge < -0.3 is 15.3 Å². The number of aliphatic hydroxyl groups is 1. The predicted octanol–water partition coefficient (Wildman–Crippen LogP) is 3.45. The molecular formula is C18H21ClN2O2. The van der Waals surface area contributed by atoms with Gasteiger partial charge in [0, 0.05) is 18.6 Å². The van der Waals surface area contributed by atoms with Crippen molar-refractivity contribution in [1.82, 2.24) is 10.2 Å². The number of nitrogens with zero attached hydrogens (tertiary/aromatic N) is 1. The van der Waals surface area contributed by atoms with Crippen molar-refractivity contribution in [3.8, 4) is 0 Å². The molecule has 23 heavy (non-hydrogen) atoms. The molecule has 0 aliphatic rings. The van der Waals surface area contributed by atoms with Crippen molar-refractivity contribution in [3.63, 3.8) is 0 Å². The first-order valence-corrected chi connectivity index (χ1v) is 7.85. The van der Waals surface area contributed by atoms with Gasteiger partial charge >= 0.3 is 6.03 Å². The summed E-state index contributed by atoms with van der Waals surface area (Å²) >= 11 is 5.95. The van der Waals surface area contributed by atoms with Crippen LogP contribution in [0.25, 0.3) is 0 Å². The number of likely N-dealkylation sites (N-methyl/N-ethyl adjacent to an activating group) is 1. The second kappa shape index (κ2) is 7.99. The zero-order valence-corrected chi connectivity index (χ0v) is 14.0. The standard InChI is InChI=1S/C18H21ClN2O2/c1-13(22)12-21(2)18(23)20-17(14-6-4-3-5-7-14)15-8-10-16(19)11-9-15/h3-11,13,17,22H,12H2,1-2H3,(H,20,23). The van der Waals surface area contributed by atoms with E-state index < -0.39 is 6.10 Å². The molecule has 0 fully saturated rings. The van der Waals surface area contributed by atoms with Gasteiger partial charge in [0.2, 0.25) is 0 Å². The summed E-state index contributed by atoms with van der Waals surface area (Å²) in [4.78, 5) is 13.8. The number of rotatable bonds is 5. The van der Waals surface area contributed by atoms with Crippen molar-refractivity contribution in [2.75, 3.05) is 13.6 Å². The maximum absolute atomic E-state index is 12.4. The fourth-order valence-electron chi connectivity index (χ4n) is 2.37. The van der Waals surface area contributed by atoms with Crippen LogP contribution in [0.4, 0.5) is 4.79 Å². The van der Waals surface area contributed by atoms with Gasteiger partial charge in [-0.15, -0.1) is 0 Å². The van der Waals surface area contributed by atoms with Crippen LogP contribution in [0.15, 0.2) is 54.6 Å². The van der Waals surface area contributed by atoms with Crippen LogP contribution in [-0.2, 0) is 0 Å². The van der Waals surface area contributed by atoms with Gasteiger partial charge in [-0.05, 0) is 30.2 Å². The van der Waals surface area contributed by atoms with Gasteiger partial charge in [0.1, 0.15) is 0 Å². The zero-order chi connectivity index (χ0) is 16.8. The molecule has 2 atom stereocenters. The van der Waals surface area contributed by atoms with Gasteiger partial charge in [-0.3, -0.25) is 0 Å². The number of benzene rings is 2. The Kier molecular flexibility index (Phi) is 6.02. The van der Waals surface area contributed by atoms with Gasteiger partial charge in [-0.1, -0.05) is 54.1 Å². The monoisotopic (exact) mass is 332 g/mol. The molecule has 0 bridgehead atoms. The summed E-state index contributed by atoms with van der Waals surface area (Å²) in [6.07, 6.45) is -0.573. The molecule has 0 radical (unpaired) electrons. The van der Waals surface area contributed by atoms with Crippen molar-refractivity contribution in [1.29, 1.82) is 0 Å². The summed E-state index contributed by atoms with van der Waals surface area (Å²) < 4.78 is 0. The Labute approximate surface area is 141 Å². The first kappa shape index (κ1) is 17.3. The van der Waals surface area contributed by atoms with E-state index in [0.717, 1.165) is 11.1 Å². The quantitative estimate of drug-likeness (QED) is 0.881. The maximum atomic E-state index is 12.4. The van der Waals surface area contributed by atoms with E-state index in [9.17, 15) is 9.90 Å². The second-order valence-electron chi connectivity index (χ2n) is 5.57. The molecule has 2 amide bonds. The SMILES string of the molecule is CC(O)CN(C)C(=O)NC(c1ccccc1)c1ccc(Cl)cc1. The molecule has 0 spiro atoms. The summed E-state index contributed by atoms with van der Waals surface area (Å²) in [7, 11) is 1.66. The average Bonchev–Trinajstić information content (AvgIpc) is 2.53. The highest BCUT2D eigenvalue weighted by Crippen LogP contribution is 2.23. The molecule has 0 saturated heterocycles. The molecule has 4 nitrogen and oxygen atoms in total. The topological polar surface area (TPSA) is 52.6 Å². The van der Waals surface area contributed by atoms with Gasteiger partial charge in [-0.25, -0.2) is 4.79 Å². The Morgan fingerprint density at radius 1 is 1.13 bits per heavy atom. The molecular weight excluding hydrogens is 312 g/mol. The fraction of sp³-hybridized carbons (Fsp3) is 0.278. The molecule has 0 aliphatic carbocycles. The number of carbonyl (C=O) groups excluding carboxylic acids is 1. The molecule has 2 unspecified atom stereocenters. The van der Waals surface area contributed by atoms with E-state index in [-0.39, 0.29) is 18.6 Å². The smallest absolute Gasteiger partial charge is 0.317 e. The Morgan fingerprint density at radius 3 is 2.26 bits per heavy atom. The lowest BCUT2D eigenvalue weighted by atomic mass is 9.99. The number of nitrogens with one attached hydrogen (secondary N) is 1. The van der Waals surface area contributed by atoms with Crippen LogP contribution in [0.1, 0.15) is 24.1 Å². The molecule has 5 heteroatoms. The lowest BCUT2D eigenvalue weighted by molar-refractivity contribution is 0.143. The third-order valence-corrected chi connectivity index (χ3v) is 3.74. The summed E-state index contributed by atoms with van der Waals surface area (Å²) in [6, 6.07) is 16.6. The van der Waals surface area contributed by atoms with E-state index >= 15 is 0 Å². The van der Waals surface area contributed by atoms with Gasteiger partial charge in [0.05, 0.1) is 12.1 Å². The number of hydrogen-bond donors (Lipinski definition) is 2. The minimum Gasteiger partial charge on any atom is -0.392 e. The first-order chi connectivity index (χ1) is 11.0. The number of halogens is 1. The van der Waals surface area contributed by atoms with Gasteiger partial charge in [0.25, 0.3) is 0 Å². The molecule has 0 aromatic heterocycles. The van der Waals surface area contributed by atoms with Crippen LogP contribution < -0.4 is 5.32 Å². The van der Waals surface area contributed by atoms with E-state index in [4.69, 9.17) is 11.6 Å². The first-order valence-electron chi connectivity index (χ1n) is 7.47. The van der Waals surface area contributed by atoms with Crippen molar-refractivity contribution in [2.45, 2.75) is 19.1 Å². The van der Waals surface area contributed by atoms with Crippen molar-refractivity contribution in [3.05, 3.63) is 70.7 Å². The third kappa shape index (κ3) is 4.98. The van der Waals surface area contributed by atoms with Crippen LogP contribution >= 0.6 is 11.6 Å².